The van der Waals surface area contributed by atoms with Gasteiger partial charge in [0.05, 0.1) is 5.69 Å². The number of hydrogen-bond acceptors (Lipinski definition) is 4. The van der Waals surface area contributed by atoms with E-state index in [1.54, 1.807) is 0 Å². The molecule has 0 spiro atoms. The van der Waals surface area contributed by atoms with Gasteiger partial charge in [-0.1, -0.05) is 18.3 Å². The fourth-order valence-corrected chi connectivity index (χ4v) is 3.16. The van der Waals surface area contributed by atoms with Crippen molar-refractivity contribution in [2.45, 2.75) is 37.0 Å². The Bertz CT molecular complexity index is 414. The molecule has 1 fully saturated rings. The van der Waals surface area contributed by atoms with Crippen molar-refractivity contribution in [3.8, 4) is 0 Å². The zero-order chi connectivity index (χ0) is 13.0. The van der Waals surface area contributed by atoms with Crippen molar-refractivity contribution in [1.29, 1.82) is 0 Å². The SMILES string of the molecule is CSC1CCC(Nc2cccc(C(N)=S)n2)CC1. The molecule has 1 aliphatic carbocycles. The van der Waals surface area contributed by atoms with Crippen LogP contribution < -0.4 is 11.1 Å². The monoisotopic (exact) mass is 281 g/mol. The molecule has 98 valence electrons. The van der Waals surface area contributed by atoms with E-state index in [4.69, 9.17) is 18.0 Å². The third-order valence-electron chi connectivity index (χ3n) is 3.36. The number of rotatable bonds is 4. The summed E-state index contributed by atoms with van der Waals surface area (Å²) in [4.78, 5) is 4.77. The van der Waals surface area contributed by atoms with Crippen LogP contribution >= 0.6 is 24.0 Å². The van der Waals surface area contributed by atoms with Crippen LogP contribution in [-0.2, 0) is 0 Å². The quantitative estimate of drug-likeness (QED) is 0.831. The summed E-state index contributed by atoms with van der Waals surface area (Å²) < 4.78 is 0. The molecule has 1 saturated carbocycles. The van der Waals surface area contributed by atoms with Gasteiger partial charge in [0.15, 0.2) is 0 Å². The molecule has 1 heterocycles. The maximum Gasteiger partial charge on any atom is 0.126 e. The highest BCUT2D eigenvalue weighted by Crippen LogP contribution is 2.28. The molecule has 0 radical (unpaired) electrons. The Balaban J connectivity index is 1.94. The van der Waals surface area contributed by atoms with Crippen molar-refractivity contribution in [2.75, 3.05) is 11.6 Å². The smallest absolute Gasteiger partial charge is 0.126 e. The second kappa shape index (κ2) is 6.38. The Morgan fingerprint density at radius 1 is 1.39 bits per heavy atom. The van der Waals surface area contributed by atoms with Crippen LogP contribution in [0.25, 0.3) is 0 Å². The molecule has 0 unspecified atom stereocenters. The van der Waals surface area contributed by atoms with Crippen molar-refractivity contribution in [3.63, 3.8) is 0 Å². The molecule has 2 rings (SSSR count). The molecule has 1 aromatic heterocycles. The van der Waals surface area contributed by atoms with Crippen molar-refractivity contribution < 1.29 is 0 Å². The average Bonchev–Trinajstić information content (AvgIpc) is 2.40. The summed E-state index contributed by atoms with van der Waals surface area (Å²) in [7, 11) is 0. The van der Waals surface area contributed by atoms with E-state index in [0.29, 0.717) is 16.7 Å². The number of pyridine rings is 1. The Hall–Kier alpha value is -0.810. The summed E-state index contributed by atoms with van der Waals surface area (Å²) in [5.74, 6) is 0.882. The molecular formula is C13H19N3S2. The van der Waals surface area contributed by atoms with Crippen LogP contribution in [-0.4, -0.2) is 27.5 Å². The molecule has 1 aliphatic rings. The molecule has 0 aliphatic heterocycles. The summed E-state index contributed by atoms with van der Waals surface area (Å²) in [6, 6.07) is 6.29. The van der Waals surface area contributed by atoms with Gasteiger partial charge < -0.3 is 11.1 Å². The maximum atomic E-state index is 5.59. The van der Waals surface area contributed by atoms with E-state index in [2.05, 4.69) is 16.6 Å². The molecule has 18 heavy (non-hydrogen) atoms. The standard InChI is InChI=1S/C13H19N3S2/c1-18-10-7-5-9(6-8-10)15-12-4-2-3-11(16-12)13(14)17/h2-4,9-10H,5-8H2,1H3,(H2,14,17)(H,15,16). The number of hydrogen-bond donors (Lipinski definition) is 2. The average molecular weight is 281 g/mol. The van der Waals surface area contributed by atoms with E-state index in [0.717, 1.165) is 11.1 Å². The van der Waals surface area contributed by atoms with Gasteiger partial charge in [-0.25, -0.2) is 4.98 Å². The van der Waals surface area contributed by atoms with Crippen LogP contribution in [0.5, 0.6) is 0 Å². The van der Waals surface area contributed by atoms with Crippen LogP contribution in [0, 0.1) is 0 Å². The van der Waals surface area contributed by atoms with Gasteiger partial charge >= 0.3 is 0 Å². The fourth-order valence-electron chi connectivity index (χ4n) is 2.30. The predicted molar refractivity (Wildman–Crippen MR) is 83.3 cm³/mol. The van der Waals surface area contributed by atoms with Gasteiger partial charge in [0.25, 0.3) is 0 Å². The molecule has 1 aromatic rings. The first-order chi connectivity index (χ1) is 8.69. The third kappa shape index (κ3) is 3.59. The second-order valence-electron chi connectivity index (χ2n) is 4.63. The number of nitrogens with one attached hydrogen (secondary N) is 1. The highest BCUT2D eigenvalue weighted by Gasteiger charge is 2.20. The second-order valence-corrected chi connectivity index (χ2v) is 6.20. The van der Waals surface area contributed by atoms with Crippen LogP contribution in [0.15, 0.2) is 18.2 Å². The van der Waals surface area contributed by atoms with Gasteiger partial charge in [0.2, 0.25) is 0 Å². The van der Waals surface area contributed by atoms with E-state index in [1.165, 1.54) is 25.7 Å². The molecule has 0 bridgehead atoms. The van der Waals surface area contributed by atoms with Gasteiger partial charge in [0, 0.05) is 11.3 Å². The number of nitrogens with two attached hydrogens (primary N) is 1. The lowest BCUT2D eigenvalue weighted by Crippen LogP contribution is -2.27. The first kappa shape index (κ1) is 13.6. The number of aromatic nitrogens is 1. The predicted octanol–water partition coefficient (Wildman–Crippen LogP) is 2.80. The minimum atomic E-state index is 0.352. The first-order valence-electron chi connectivity index (χ1n) is 6.25. The summed E-state index contributed by atoms with van der Waals surface area (Å²) in [6.07, 6.45) is 7.20. The highest BCUT2D eigenvalue weighted by molar-refractivity contribution is 7.99. The normalized spacial score (nSPS) is 23.6. The molecule has 0 amide bonds. The van der Waals surface area contributed by atoms with E-state index < -0.39 is 0 Å². The van der Waals surface area contributed by atoms with Crippen LogP contribution in [0.2, 0.25) is 0 Å². The molecule has 0 saturated heterocycles. The van der Waals surface area contributed by atoms with Crippen molar-refractivity contribution >= 4 is 34.8 Å². The molecule has 0 aromatic carbocycles. The lowest BCUT2D eigenvalue weighted by molar-refractivity contribution is 0.472. The molecule has 3 N–H and O–H groups in total. The Kier molecular flexibility index (Phi) is 4.83. The largest absolute Gasteiger partial charge is 0.388 e. The van der Waals surface area contributed by atoms with Crippen molar-refractivity contribution in [1.82, 2.24) is 4.98 Å². The lowest BCUT2D eigenvalue weighted by atomic mass is 9.95. The molecule has 0 atom stereocenters. The number of anilines is 1. The first-order valence-corrected chi connectivity index (χ1v) is 7.95. The van der Waals surface area contributed by atoms with Crippen LogP contribution in [0.4, 0.5) is 5.82 Å². The van der Waals surface area contributed by atoms with Gasteiger partial charge in [-0.05, 0) is 44.1 Å². The van der Waals surface area contributed by atoms with Gasteiger partial charge in [-0.15, -0.1) is 0 Å². The Morgan fingerprint density at radius 3 is 2.72 bits per heavy atom. The van der Waals surface area contributed by atoms with Gasteiger partial charge in [-0.2, -0.15) is 11.8 Å². The Morgan fingerprint density at radius 2 is 2.11 bits per heavy atom. The Labute approximate surface area is 118 Å². The lowest BCUT2D eigenvalue weighted by Gasteiger charge is -2.28. The van der Waals surface area contributed by atoms with Crippen LogP contribution in [0.3, 0.4) is 0 Å². The van der Waals surface area contributed by atoms with E-state index in [9.17, 15) is 0 Å². The fraction of sp³-hybridized carbons (Fsp3) is 0.538. The zero-order valence-corrected chi connectivity index (χ0v) is 12.2. The highest BCUT2D eigenvalue weighted by atomic mass is 32.2. The minimum Gasteiger partial charge on any atom is -0.388 e. The van der Waals surface area contributed by atoms with E-state index in [-0.39, 0.29) is 0 Å². The van der Waals surface area contributed by atoms with Crippen molar-refractivity contribution in [3.05, 3.63) is 23.9 Å². The molecule has 5 heteroatoms. The van der Waals surface area contributed by atoms with Gasteiger partial charge in [0.1, 0.15) is 10.8 Å². The number of nitrogens with zero attached hydrogens (tertiary/aromatic N) is 1. The van der Waals surface area contributed by atoms with Crippen LogP contribution in [0.1, 0.15) is 31.4 Å². The molecule has 3 nitrogen and oxygen atoms in total. The van der Waals surface area contributed by atoms with E-state index in [1.807, 2.05) is 30.0 Å². The maximum absolute atomic E-state index is 5.59. The number of thiocarbonyl (C=S) groups is 1. The topological polar surface area (TPSA) is 50.9 Å². The van der Waals surface area contributed by atoms with E-state index >= 15 is 0 Å². The van der Waals surface area contributed by atoms with Gasteiger partial charge in [-0.3, -0.25) is 0 Å². The minimum absolute atomic E-state index is 0.352. The third-order valence-corrected chi connectivity index (χ3v) is 4.71. The number of thioether (sulfide) groups is 1. The summed E-state index contributed by atoms with van der Waals surface area (Å²) in [6.45, 7) is 0. The summed E-state index contributed by atoms with van der Waals surface area (Å²) in [5, 5.41) is 4.32. The summed E-state index contributed by atoms with van der Waals surface area (Å²) >= 11 is 6.93. The zero-order valence-electron chi connectivity index (χ0n) is 10.6. The summed E-state index contributed by atoms with van der Waals surface area (Å²) in [5.41, 5.74) is 6.28. The molecular weight excluding hydrogens is 262 g/mol. The van der Waals surface area contributed by atoms with Crippen molar-refractivity contribution in [2.24, 2.45) is 5.73 Å².